The average Bonchev–Trinajstić information content (AvgIpc) is 2.74. The van der Waals surface area contributed by atoms with Crippen molar-refractivity contribution in [2.75, 3.05) is 0 Å². The third-order valence-electron chi connectivity index (χ3n) is 5.41. The summed E-state index contributed by atoms with van der Waals surface area (Å²) < 4.78 is 12.8. The van der Waals surface area contributed by atoms with Crippen molar-refractivity contribution in [2.24, 2.45) is 0 Å². The maximum absolute atomic E-state index is 12.8. The maximum atomic E-state index is 12.8. The fourth-order valence-corrected chi connectivity index (χ4v) is 4.60. The molecule has 0 N–H and O–H groups in total. The van der Waals surface area contributed by atoms with Gasteiger partial charge in [-0.15, -0.1) is 0 Å². The zero-order valence-corrected chi connectivity index (χ0v) is 18.7. The van der Waals surface area contributed by atoms with Gasteiger partial charge in [-0.3, -0.25) is 0 Å². The first-order valence-corrected chi connectivity index (χ1v) is 12.5. The predicted molar refractivity (Wildman–Crippen MR) is 122 cm³/mol. The Morgan fingerprint density at radius 3 is 1.25 bits per heavy atom. The molecule has 0 heterocycles. The maximum Gasteiger partial charge on any atom is 0.0849 e. The first-order valence-electron chi connectivity index (χ1n) is 11.3. The second-order valence-electron chi connectivity index (χ2n) is 7.89. The lowest BCUT2D eigenvalue weighted by Crippen LogP contribution is -1.95. The van der Waals surface area contributed by atoms with Gasteiger partial charge in [0.25, 0.3) is 0 Å². The van der Waals surface area contributed by atoms with Crippen LogP contribution in [0.3, 0.4) is 0 Å². The summed E-state index contributed by atoms with van der Waals surface area (Å²) in [4.78, 5) is 1.81. The highest BCUT2D eigenvalue weighted by atomic mass is 32.2. The number of aryl methyl sites for hydroxylation is 2. The molecule has 0 saturated carbocycles. The number of hydrogen-bond donors (Lipinski definition) is 0. The molecule has 2 heteroatoms. The lowest BCUT2D eigenvalue weighted by atomic mass is 10.1. The van der Waals surface area contributed by atoms with Crippen LogP contribution in [0.2, 0.25) is 0 Å². The first kappa shape index (κ1) is 22.9. The van der Waals surface area contributed by atoms with E-state index in [1.807, 2.05) is 24.3 Å². The Labute approximate surface area is 175 Å². The van der Waals surface area contributed by atoms with E-state index in [9.17, 15) is 4.21 Å². The van der Waals surface area contributed by atoms with Crippen molar-refractivity contribution in [2.45, 2.75) is 101 Å². The zero-order valence-electron chi connectivity index (χ0n) is 17.9. The van der Waals surface area contributed by atoms with E-state index in [0.717, 1.165) is 22.6 Å². The summed E-state index contributed by atoms with van der Waals surface area (Å²) in [5.74, 6) is 0. The summed E-state index contributed by atoms with van der Waals surface area (Å²) in [5, 5.41) is 0. The minimum absolute atomic E-state index is 0.905. The number of benzene rings is 2. The first-order chi connectivity index (χ1) is 13.7. The van der Waals surface area contributed by atoms with Crippen LogP contribution in [-0.2, 0) is 23.6 Å². The predicted octanol–water partition coefficient (Wildman–Crippen LogP) is 7.88. The van der Waals surface area contributed by atoms with Gasteiger partial charge in [0.1, 0.15) is 0 Å². The van der Waals surface area contributed by atoms with Crippen LogP contribution < -0.4 is 0 Å². The molecule has 0 unspecified atom stereocenters. The van der Waals surface area contributed by atoms with E-state index in [2.05, 4.69) is 38.1 Å². The van der Waals surface area contributed by atoms with Gasteiger partial charge < -0.3 is 0 Å². The zero-order chi connectivity index (χ0) is 20.0. The van der Waals surface area contributed by atoms with E-state index in [-0.39, 0.29) is 0 Å². The molecule has 0 spiro atoms. The largest absolute Gasteiger partial charge is 0.249 e. The monoisotopic (exact) mass is 398 g/mol. The van der Waals surface area contributed by atoms with E-state index >= 15 is 0 Å². The van der Waals surface area contributed by atoms with E-state index in [1.165, 1.54) is 75.3 Å². The molecular formula is C26H38OS. The molecule has 0 atom stereocenters. The van der Waals surface area contributed by atoms with Gasteiger partial charge in [0.05, 0.1) is 10.8 Å². The molecule has 0 fully saturated rings. The summed E-state index contributed by atoms with van der Waals surface area (Å²) in [6, 6.07) is 16.8. The van der Waals surface area contributed by atoms with Gasteiger partial charge in [-0.2, -0.15) is 0 Å². The number of hydrogen-bond acceptors (Lipinski definition) is 1. The number of rotatable bonds is 14. The Morgan fingerprint density at radius 2 is 0.893 bits per heavy atom. The Bertz CT molecular complexity index is 613. The van der Waals surface area contributed by atoms with Gasteiger partial charge in [0.2, 0.25) is 0 Å². The molecule has 0 aliphatic rings. The van der Waals surface area contributed by atoms with Crippen molar-refractivity contribution >= 4 is 10.8 Å². The summed E-state index contributed by atoms with van der Waals surface area (Å²) in [5.41, 5.74) is 2.71. The van der Waals surface area contributed by atoms with Gasteiger partial charge in [-0.25, -0.2) is 4.21 Å². The second kappa shape index (κ2) is 13.7. The van der Waals surface area contributed by atoms with Crippen molar-refractivity contribution in [3.05, 3.63) is 59.7 Å². The van der Waals surface area contributed by atoms with Crippen LogP contribution in [-0.4, -0.2) is 4.21 Å². The van der Waals surface area contributed by atoms with Gasteiger partial charge in [0.15, 0.2) is 0 Å². The standard InChI is InChI=1S/C26H38OS/c1-3-5-7-9-11-13-23-15-19-25(20-16-23)28(27)26-21-17-24(18-22-26)14-12-10-8-6-4-2/h15-22H,3-14H2,1-2H3. The smallest absolute Gasteiger partial charge is 0.0849 e. The highest BCUT2D eigenvalue weighted by Gasteiger charge is 2.07. The fourth-order valence-electron chi connectivity index (χ4n) is 3.56. The molecule has 2 aromatic rings. The molecule has 0 aliphatic carbocycles. The Balaban J connectivity index is 1.80. The van der Waals surface area contributed by atoms with Gasteiger partial charge in [0, 0.05) is 9.79 Å². The van der Waals surface area contributed by atoms with Crippen molar-refractivity contribution < 1.29 is 4.21 Å². The van der Waals surface area contributed by atoms with Crippen LogP contribution in [0.25, 0.3) is 0 Å². The van der Waals surface area contributed by atoms with E-state index in [0.29, 0.717) is 0 Å². The molecule has 154 valence electrons. The van der Waals surface area contributed by atoms with Crippen molar-refractivity contribution in [1.29, 1.82) is 0 Å². The fraction of sp³-hybridized carbons (Fsp3) is 0.538. The van der Waals surface area contributed by atoms with Crippen molar-refractivity contribution in [3.8, 4) is 0 Å². The molecule has 0 bridgehead atoms. The molecule has 2 rings (SSSR count). The molecule has 0 radical (unpaired) electrons. The minimum atomic E-state index is -1.08. The Kier molecular flexibility index (Phi) is 11.2. The summed E-state index contributed by atoms with van der Waals surface area (Å²) in [6.07, 6.45) is 15.3. The topological polar surface area (TPSA) is 17.1 Å². The molecule has 0 aromatic heterocycles. The third-order valence-corrected chi connectivity index (χ3v) is 6.81. The molecular weight excluding hydrogens is 360 g/mol. The quantitative estimate of drug-likeness (QED) is 0.296. The second-order valence-corrected chi connectivity index (χ2v) is 9.37. The van der Waals surface area contributed by atoms with Crippen LogP contribution >= 0.6 is 0 Å². The third kappa shape index (κ3) is 8.31. The molecule has 0 amide bonds. The van der Waals surface area contributed by atoms with E-state index < -0.39 is 10.8 Å². The Morgan fingerprint density at radius 1 is 0.536 bits per heavy atom. The summed E-state index contributed by atoms with van der Waals surface area (Å²) in [6.45, 7) is 4.50. The van der Waals surface area contributed by atoms with Crippen molar-refractivity contribution in [1.82, 2.24) is 0 Å². The lowest BCUT2D eigenvalue weighted by Gasteiger charge is -2.07. The highest BCUT2D eigenvalue weighted by Crippen LogP contribution is 2.19. The average molecular weight is 399 g/mol. The summed E-state index contributed by atoms with van der Waals surface area (Å²) >= 11 is 0. The van der Waals surface area contributed by atoms with Gasteiger partial charge >= 0.3 is 0 Å². The van der Waals surface area contributed by atoms with Crippen LogP contribution in [0.4, 0.5) is 0 Å². The molecule has 28 heavy (non-hydrogen) atoms. The highest BCUT2D eigenvalue weighted by molar-refractivity contribution is 7.85. The van der Waals surface area contributed by atoms with Crippen LogP contribution in [0.5, 0.6) is 0 Å². The molecule has 0 aliphatic heterocycles. The number of unbranched alkanes of at least 4 members (excludes halogenated alkanes) is 8. The van der Waals surface area contributed by atoms with E-state index in [1.54, 1.807) is 0 Å². The molecule has 1 nitrogen and oxygen atoms in total. The van der Waals surface area contributed by atoms with Crippen LogP contribution in [0.1, 0.15) is 89.2 Å². The van der Waals surface area contributed by atoms with E-state index in [4.69, 9.17) is 0 Å². The van der Waals surface area contributed by atoms with Gasteiger partial charge in [-0.05, 0) is 61.1 Å². The van der Waals surface area contributed by atoms with Crippen LogP contribution in [0.15, 0.2) is 58.3 Å². The van der Waals surface area contributed by atoms with Gasteiger partial charge in [-0.1, -0.05) is 89.5 Å². The minimum Gasteiger partial charge on any atom is -0.249 e. The van der Waals surface area contributed by atoms with Crippen molar-refractivity contribution in [3.63, 3.8) is 0 Å². The Hall–Kier alpha value is -1.41. The van der Waals surface area contributed by atoms with Crippen LogP contribution in [0, 0.1) is 0 Å². The SMILES string of the molecule is CCCCCCCc1ccc(S(=O)c2ccc(CCCCCCC)cc2)cc1. The molecule has 2 aromatic carbocycles. The summed E-state index contributed by atoms with van der Waals surface area (Å²) in [7, 11) is -1.08. The molecule has 0 saturated heterocycles. The lowest BCUT2D eigenvalue weighted by molar-refractivity contribution is 0.632. The normalized spacial score (nSPS) is 11.2.